The molecule has 0 aliphatic carbocycles. The Hall–Kier alpha value is -2.29. The van der Waals surface area contributed by atoms with E-state index in [1.165, 1.54) is 12.1 Å². The van der Waals surface area contributed by atoms with Crippen molar-refractivity contribution in [1.29, 1.82) is 5.26 Å². The predicted octanol–water partition coefficient (Wildman–Crippen LogP) is 2.60. The highest BCUT2D eigenvalue weighted by Crippen LogP contribution is 2.15. The molecule has 1 rings (SSSR count). The first-order valence-corrected chi connectivity index (χ1v) is 6.10. The van der Waals surface area contributed by atoms with Gasteiger partial charge in [-0.25, -0.2) is 9.18 Å². The Bertz CT molecular complexity index is 518. The highest BCUT2D eigenvalue weighted by molar-refractivity contribution is 5.67. The first-order chi connectivity index (χ1) is 9.30. The Morgan fingerprint density at radius 3 is 2.70 bits per heavy atom. The molecule has 1 amide bonds. The van der Waals surface area contributed by atoms with Gasteiger partial charge in [0, 0.05) is 6.07 Å². The van der Waals surface area contributed by atoms with Crippen molar-refractivity contribution in [3.05, 3.63) is 29.6 Å². The lowest BCUT2D eigenvalue weighted by molar-refractivity contribution is 0.0520. The zero-order chi connectivity index (χ0) is 15.2. The molecule has 1 aromatic rings. The quantitative estimate of drug-likeness (QED) is 0.860. The Morgan fingerprint density at radius 1 is 1.40 bits per heavy atom. The molecule has 0 atom stereocenters. The van der Waals surface area contributed by atoms with E-state index in [4.69, 9.17) is 14.7 Å². The Morgan fingerprint density at radius 2 is 2.10 bits per heavy atom. The summed E-state index contributed by atoms with van der Waals surface area (Å²) in [6, 6.07) is 5.55. The molecular weight excluding hydrogens is 263 g/mol. The van der Waals surface area contributed by atoms with Crippen LogP contribution in [0.15, 0.2) is 18.2 Å². The smallest absolute Gasteiger partial charge is 0.407 e. The number of carbonyl (C=O) groups excluding carboxylic acids is 1. The summed E-state index contributed by atoms with van der Waals surface area (Å²) in [5.41, 5.74) is -0.380. The van der Waals surface area contributed by atoms with Crippen LogP contribution in [0.3, 0.4) is 0 Å². The van der Waals surface area contributed by atoms with Crippen LogP contribution in [0.4, 0.5) is 9.18 Å². The van der Waals surface area contributed by atoms with Gasteiger partial charge >= 0.3 is 6.09 Å². The van der Waals surface area contributed by atoms with E-state index in [0.29, 0.717) is 0 Å². The highest BCUT2D eigenvalue weighted by Gasteiger charge is 2.15. The molecule has 0 fully saturated rings. The summed E-state index contributed by atoms with van der Waals surface area (Å²) in [7, 11) is 0. The highest BCUT2D eigenvalue weighted by atomic mass is 19.1. The third-order valence-corrected chi connectivity index (χ3v) is 2.04. The molecule has 6 heteroatoms. The molecule has 0 saturated heterocycles. The minimum atomic E-state index is -0.560. The number of nitrogens with one attached hydrogen (secondary N) is 1. The number of hydrogen-bond acceptors (Lipinski definition) is 4. The maximum absolute atomic E-state index is 13.1. The molecule has 0 unspecified atom stereocenters. The number of rotatable bonds is 4. The van der Waals surface area contributed by atoms with Crippen molar-refractivity contribution in [3.63, 3.8) is 0 Å². The third-order valence-electron chi connectivity index (χ3n) is 2.04. The van der Waals surface area contributed by atoms with Crippen LogP contribution in [0, 0.1) is 17.1 Å². The Balaban J connectivity index is 2.37. The zero-order valence-corrected chi connectivity index (χ0v) is 11.7. The third kappa shape index (κ3) is 6.05. The number of ether oxygens (including phenoxy) is 2. The van der Waals surface area contributed by atoms with Gasteiger partial charge in [0.1, 0.15) is 23.8 Å². The van der Waals surface area contributed by atoms with Crippen LogP contribution in [0.1, 0.15) is 26.3 Å². The molecule has 108 valence electrons. The van der Waals surface area contributed by atoms with Gasteiger partial charge < -0.3 is 14.8 Å². The van der Waals surface area contributed by atoms with E-state index in [9.17, 15) is 9.18 Å². The summed E-state index contributed by atoms with van der Waals surface area (Å²) < 4.78 is 23.4. The molecule has 0 aliphatic rings. The van der Waals surface area contributed by atoms with Crippen LogP contribution in [0.2, 0.25) is 0 Å². The van der Waals surface area contributed by atoms with E-state index in [0.717, 1.165) is 6.07 Å². The second kappa shape index (κ2) is 6.75. The molecule has 0 spiro atoms. The van der Waals surface area contributed by atoms with Gasteiger partial charge in [-0.3, -0.25) is 0 Å². The number of nitriles is 1. The van der Waals surface area contributed by atoms with Gasteiger partial charge in [-0.1, -0.05) is 0 Å². The van der Waals surface area contributed by atoms with Crippen molar-refractivity contribution in [2.75, 3.05) is 13.2 Å². The summed E-state index contributed by atoms with van der Waals surface area (Å²) >= 11 is 0. The minimum Gasteiger partial charge on any atom is -0.492 e. The second-order valence-corrected chi connectivity index (χ2v) is 5.06. The lowest BCUT2D eigenvalue weighted by Crippen LogP contribution is -2.34. The molecule has 1 N–H and O–H groups in total. The van der Waals surface area contributed by atoms with E-state index < -0.39 is 17.5 Å². The van der Waals surface area contributed by atoms with Crippen LogP contribution < -0.4 is 10.1 Å². The molecule has 20 heavy (non-hydrogen) atoms. The molecule has 0 radical (unpaired) electrons. The first kappa shape index (κ1) is 15.8. The topological polar surface area (TPSA) is 71.3 Å². The van der Waals surface area contributed by atoms with Crippen molar-refractivity contribution in [3.8, 4) is 11.8 Å². The molecule has 0 aromatic heterocycles. The lowest BCUT2D eigenvalue weighted by atomic mass is 10.2. The number of alkyl carbamates (subject to hydrolysis) is 1. The molecule has 0 heterocycles. The van der Waals surface area contributed by atoms with Gasteiger partial charge in [-0.15, -0.1) is 0 Å². The van der Waals surface area contributed by atoms with Gasteiger partial charge in [0.05, 0.1) is 18.2 Å². The molecular formula is C14H17FN2O3. The molecule has 0 bridgehead atoms. The SMILES string of the molecule is CC(C)(C)OC(=O)NCCOc1cc(F)cc(C#N)c1. The van der Waals surface area contributed by atoms with Gasteiger partial charge in [0.2, 0.25) is 0 Å². The van der Waals surface area contributed by atoms with E-state index in [1.807, 2.05) is 6.07 Å². The van der Waals surface area contributed by atoms with Gasteiger partial charge in [0.25, 0.3) is 0 Å². The van der Waals surface area contributed by atoms with Crippen molar-refractivity contribution in [1.82, 2.24) is 5.32 Å². The van der Waals surface area contributed by atoms with Gasteiger partial charge in [0.15, 0.2) is 0 Å². The van der Waals surface area contributed by atoms with Crippen LogP contribution in [-0.4, -0.2) is 24.8 Å². The van der Waals surface area contributed by atoms with Crippen LogP contribution in [-0.2, 0) is 4.74 Å². The number of hydrogen-bond donors (Lipinski definition) is 1. The molecule has 1 aromatic carbocycles. The predicted molar refractivity (Wildman–Crippen MR) is 70.8 cm³/mol. The van der Waals surface area contributed by atoms with Gasteiger partial charge in [-0.2, -0.15) is 5.26 Å². The van der Waals surface area contributed by atoms with Crippen LogP contribution >= 0.6 is 0 Å². The van der Waals surface area contributed by atoms with Crippen molar-refractivity contribution >= 4 is 6.09 Å². The number of carbonyl (C=O) groups is 1. The van der Waals surface area contributed by atoms with E-state index in [-0.39, 0.29) is 24.5 Å². The maximum atomic E-state index is 13.1. The van der Waals surface area contributed by atoms with Crippen LogP contribution in [0.25, 0.3) is 0 Å². The molecule has 0 saturated carbocycles. The summed E-state index contributed by atoms with van der Waals surface area (Å²) in [5.74, 6) is -0.299. The fourth-order valence-corrected chi connectivity index (χ4v) is 1.35. The number of amides is 1. The second-order valence-electron chi connectivity index (χ2n) is 5.06. The molecule has 0 aliphatic heterocycles. The van der Waals surface area contributed by atoms with E-state index >= 15 is 0 Å². The van der Waals surface area contributed by atoms with Crippen molar-refractivity contribution in [2.45, 2.75) is 26.4 Å². The lowest BCUT2D eigenvalue weighted by Gasteiger charge is -2.19. The van der Waals surface area contributed by atoms with E-state index in [1.54, 1.807) is 20.8 Å². The summed E-state index contributed by atoms with van der Waals surface area (Å²) in [4.78, 5) is 11.3. The standard InChI is InChI=1S/C14H17FN2O3/c1-14(2,3)20-13(18)17-4-5-19-12-7-10(9-16)6-11(15)8-12/h6-8H,4-5H2,1-3H3,(H,17,18). The normalized spacial score (nSPS) is 10.6. The number of halogens is 1. The minimum absolute atomic E-state index is 0.146. The largest absolute Gasteiger partial charge is 0.492 e. The summed E-state index contributed by atoms with van der Waals surface area (Å²) in [6.45, 7) is 5.65. The van der Waals surface area contributed by atoms with Crippen LogP contribution in [0.5, 0.6) is 5.75 Å². The van der Waals surface area contributed by atoms with Crippen molar-refractivity contribution < 1.29 is 18.7 Å². The van der Waals surface area contributed by atoms with Crippen molar-refractivity contribution in [2.24, 2.45) is 0 Å². The first-order valence-electron chi connectivity index (χ1n) is 6.10. The van der Waals surface area contributed by atoms with E-state index in [2.05, 4.69) is 5.32 Å². The summed E-state index contributed by atoms with van der Waals surface area (Å²) in [6.07, 6.45) is -0.543. The number of benzene rings is 1. The molecule has 5 nitrogen and oxygen atoms in total. The zero-order valence-electron chi connectivity index (χ0n) is 11.7. The maximum Gasteiger partial charge on any atom is 0.407 e. The monoisotopic (exact) mass is 280 g/mol. The Labute approximate surface area is 117 Å². The summed E-state index contributed by atoms with van der Waals surface area (Å²) in [5, 5.41) is 11.2. The van der Waals surface area contributed by atoms with Gasteiger partial charge in [-0.05, 0) is 32.9 Å². The average Bonchev–Trinajstić information content (AvgIpc) is 2.32. The fraction of sp³-hybridized carbons (Fsp3) is 0.429. The Kier molecular flexibility index (Phi) is 5.32. The average molecular weight is 280 g/mol. The number of nitrogens with zero attached hydrogens (tertiary/aromatic N) is 1. The fourth-order valence-electron chi connectivity index (χ4n) is 1.35.